The Bertz CT molecular complexity index is 483. The summed E-state index contributed by atoms with van der Waals surface area (Å²) in [6, 6.07) is 0.549. The predicted molar refractivity (Wildman–Crippen MR) is 82.4 cm³/mol. The second-order valence-electron chi connectivity index (χ2n) is 5.71. The van der Waals surface area contributed by atoms with E-state index in [0.29, 0.717) is 11.9 Å². The average molecular weight is 278 g/mol. The second kappa shape index (κ2) is 6.88. The van der Waals surface area contributed by atoms with E-state index >= 15 is 0 Å². The van der Waals surface area contributed by atoms with Crippen LogP contribution in [0.4, 0.5) is 5.82 Å². The highest BCUT2D eigenvalue weighted by Crippen LogP contribution is 2.20. The summed E-state index contributed by atoms with van der Waals surface area (Å²) in [5, 5.41) is 3.40. The van der Waals surface area contributed by atoms with Gasteiger partial charge in [0.1, 0.15) is 0 Å². The smallest absolute Gasteiger partial charge is 0.293 e. The van der Waals surface area contributed by atoms with Gasteiger partial charge in [-0.2, -0.15) is 0 Å². The van der Waals surface area contributed by atoms with E-state index in [1.807, 2.05) is 13.8 Å². The van der Waals surface area contributed by atoms with Crippen molar-refractivity contribution < 1.29 is 0 Å². The Morgan fingerprint density at radius 1 is 1.45 bits per heavy atom. The molecule has 2 heterocycles. The second-order valence-corrected chi connectivity index (χ2v) is 5.71. The number of nitrogens with one attached hydrogen (secondary N) is 1. The van der Waals surface area contributed by atoms with Gasteiger partial charge < -0.3 is 14.8 Å². The summed E-state index contributed by atoms with van der Waals surface area (Å²) in [5.41, 5.74) is 0.0332. The number of likely N-dealkylation sites (N-methyl/N-ethyl adjacent to an activating group) is 1. The van der Waals surface area contributed by atoms with Gasteiger partial charge in [-0.3, -0.25) is 4.79 Å². The van der Waals surface area contributed by atoms with Gasteiger partial charge in [0.2, 0.25) is 0 Å². The molecule has 0 aliphatic carbocycles. The first-order valence-corrected chi connectivity index (χ1v) is 7.69. The molecule has 1 unspecified atom stereocenters. The average Bonchev–Trinajstić information content (AvgIpc) is 2.45. The third-order valence-corrected chi connectivity index (χ3v) is 3.94. The van der Waals surface area contributed by atoms with Gasteiger partial charge in [0.05, 0.1) is 0 Å². The Morgan fingerprint density at radius 2 is 2.25 bits per heavy atom. The molecule has 2 rings (SSSR count). The highest BCUT2D eigenvalue weighted by Gasteiger charge is 2.25. The van der Waals surface area contributed by atoms with Crippen molar-refractivity contribution in [3.63, 3.8) is 0 Å². The molecule has 0 amide bonds. The number of hydrogen-bond acceptors (Lipinski definition) is 4. The van der Waals surface area contributed by atoms with Gasteiger partial charge in [0, 0.05) is 37.6 Å². The van der Waals surface area contributed by atoms with Gasteiger partial charge >= 0.3 is 0 Å². The molecule has 5 heteroatoms. The Labute approximate surface area is 121 Å². The molecule has 5 nitrogen and oxygen atoms in total. The molecule has 20 heavy (non-hydrogen) atoms. The van der Waals surface area contributed by atoms with Crippen molar-refractivity contribution in [1.82, 2.24) is 14.9 Å². The Kier molecular flexibility index (Phi) is 5.17. The van der Waals surface area contributed by atoms with Crippen LogP contribution in [0.15, 0.2) is 17.2 Å². The highest BCUT2D eigenvalue weighted by atomic mass is 16.1. The van der Waals surface area contributed by atoms with E-state index in [1.165, 1.54) is 6.42 Å². The molecule has 1 aliphatic rings. The van der Waals surface area contributed by atoms with Crippen LogP contribution in [0, 0.1) is 0 Å². The van der Waals surface area contributed by atoms with E-state index in [2.05, 4.69) is 22.1 Å². The van der Waals surface area contributed by atoms with Crippen molar-refractivity contribution in [2.45, 2.75) is 52.1 Å². The van der Waals surface area contributed by atoms with Crippen LogP contribution < -0.4 is 15.8 Å². The zero-order valence-corrected chi connectivity index (χ0v) is 12.8. The molecular formula is C15H26N4O. The fourth-order valence-corrected chi connectivity index (χ4v) is 2.82. The minimum atomic E-state index is 0.0332. The molecule has 1 atom stereocenters. The molecule has 1 fully saturated rings. The molecule has 0 spiro atoms. The molecule has 0 bridgehead atoms. The van der Waals surface area contributed by atoms with E-state index in [0.717, 1.165) is 32.5 Å². The number of piperidine rings is 1. The normalized spacial score (nSPS) is 19.6. The fraction of sp³-hybridized carbons (Fsp3) is 0.733. The fourth-order valence-electron chi connectivity index (χ4n) is 2.82. The van der Waals surface area contributed by atoms with E-state index in [4.69, 9.17) is 0 Å². The quantitative estimate of drug-likeness (QED) is 0.892. The maximum atomic E-state index is 12.6. The molecular weight excluding hydrogens is 252 g/mol. The van der Waals surface area contributed by atoms with Crippen molar-refractivity contribution in [3.8, 4) is 0 Å². The zero-order valence-electron chi connectivity index (χ0n) is 12.8. The van der Waals surface area contributed by atoms with E-state index in [1.54, 1.807) is 17.0 Å². The number of anilines is 1. The van der Waals surface area contributed by atoms with Crippen molar-refractivity contribution in [1.29, 1.82) is 0 Å². The first kappa shape index (κ1) is 15.0. The Hall–Kier alpha value is -1.36. The van der Waals surface area contributed by atoms with Gasteiger partial charge in [0.25, 0.3) is 5.56 Å². The third-order valence-electron chi connectivity index (χ3n) is 3.94. The van der Waals surface area contributed by atoms with Crippen LogP contribution >= 0.6 is 0 Å². The third kappa shape index (κ3) is 3.20. The van der Waals surface area contributed by atoms with Crippen molar-refractivity contribution in [2.24, 2.45) is 0 Å². The SMILES string of the molecule is CCNCC1CCCCN1c1nccn(C(C)C)c1=O. The lowest BCUT2D eigenvalue weighted by molar-refractivity contribution is 0.432. The maximum absolute atomic E-state index is 12.6. The molecule has 1 saturated heterocycles. The van der Waals surface area contributed by atoms with Crippen LogP contribution in [0.1, 0.15) is 46.1 Å². The van der Waals surface area contributed by atoms with Crippen LogP contribution in [0.2, 0.25) is 0 Å². The monoisotopic (exact) mass is 278 g/mol. The topological polar surface area (TPSA) is 50.2 Å². The summed E-state index contributed by atoms with van der Waals surface area (Å²) in [7, 11) is 0. The van der Waals surface area contributed by atoms with Crippen LogP contribution in [0.5, 0.6) is 0 Å². The molecule has 1 N–H and O–H groups in total. The van der Waals surface area contributed by atoms with Crippen molar-refractivity contribution in [2.75, 3.05) is 24.5 Å². The zero-order chi connectivity index (χ0) is 14.5. The van der Waals surface area contributed by atoms with Gasteiger partial charge in [-0.1, -0.05) is 6.92 Å². The molecule has 0 radical (unpaired) electrons. The van der Waals surface area contributed by atoms with E-state index < -0.39 is 0 Å². The van der Waals surface area contributed by atoms with Crippen LogP contribution in [0.3, 0.4) is 0 Å². The molecule has 1 aliphatic heterocycles. The van der Waals surface area contributed by atoms with Gasteiger partial charge in [-0.25, -0.2) is 4.98 Å². The lowest BCUT2D eigenvalue weighted by Gasteiger charge is -2.36. The van der Waals surface area contributed by atoms with Crippen LogP contribution in [0.25, 0.3) is 0 Å². The predicted octanol–water partition coefficient (Wildman–Crippen LogP) is 1.79. The Balaban J connectivity index is 2.28. The lowest BCUT2D eigenvalue weighted by atomic mass is 10.0. The Morgan fingerprint density at radius 3 is 2.95 bits per heavy atom. The summed E-state index contributed by atoms with van der Waals surface area (Å²) >= 11 is 0. The van der Waals surface area contributed by atoms with Gasteiger partial charge in [-0.15, -0.1) is 0 Å². The summed E-state index contributed by atoms with van der Waals surface area (Å²) in [5.74, 6) is 0.615. The van der Waals surface area contributed by atoms with Crippen molar-refractivity contribution >= 4 is 5.82 Å². The highest BCUT2D eigenvalue weighted by molar-refractivity contribution is 5.38. The molecule has 0 aromatic carbocycles. The van der Waals surface area contributed by atoms with Crippen LogP contribution in [-0.2, 0) is 0 Å². The first-order valence-electron chi connectivity index (χ1n) is 7.69. The number of rotatable bonds is 5. The number of aromatic nitrogens is 2. The van der Waals surface area contributed by atoms with Gasteiger partial charge in [0.15, 0.2) is 5.82 Å². The molecule has 1 aromatic rings. The molecule has 0 saturated carbocycles. The van der Waals surface area contributed by atoms with E-state index in [-0.39, 0.29) is 11.6 Å². The standard InChI is InChI=1S/C15H26N4O/c1-4-16-11-13-7-5-6-9-19(13)14-15(20)18(12(2)3)10-8-17-14/h8,10,12-13,16H,4-7,9,11H2,1-3H3. The lowest BCUT2D eigenvalue weighted by Crippen LogP contribution is -2.48. The van der Waals surface area contributed by atoms with Gasteiger partial charge in [-0.05, 0) is 39.7 Å². The minimum absolute atomic E-state index is 0.0332. The van der Waals surface area contributed by atoms with E-state index in [9.17, 15) is 4.79 Å². The molecule has 1 aromatic heterocycles. The molecule has 112 valence electrons. The first-order chi connectivity index (χ1) is 9.65. The summed E-state index contributed by atoms with van der Waals surface area (Å²) in [6.07, 6.45) is 7.03. The summed E-state index contributed by atoms with van der Waals surface area (Å²) in [6.45, 7) is 8.98. The summed E-state index contributed by atoms with van der Waals surface area (Å²) in [4.78, 5) is 19.1. The maximum Gasteiger partial charge on any atom is 0.293 e. The van der Waals surface area contributed by atoms with Crippen LogP contribution in [-0.4, -0.2) is 35.2 Å². The largest absolute Gasteiger partial charge is 0.348 e. The number of hydrogen-bond donors (Lipinski definition) is 1. The summed E-state index contributed by atoms with van der Waals surface area (Å²) < 4.78 is 1.77. The number of nitrogens with zero attached hydrogens (tertiary/aromatic N) is 3. The van der Waals surface area contributed by atoms with Crippen molar-refractivity contribution in [3.05, 3.63) is 22.7 Å². The minimum Gasteiger partial charge on any atom is -0.348 e.